The van der Waals surface area contributed by atoms with Crippen molar-refractivity contribution in [2.24, 2.45) is 11.8 Å². The molecular formula is C16H22ClN3O2S2. The Kier molecular flexibility index (Phi) is 5.06. The van der Waals surface area contributed by atoms with Crippen molar-refractivity contribution in [3.05, 3.63) is 23.2 Å². The summed E-state index contributed by atoms with van der Waals surface area (Å²) >= 11 is 11.5. The van der Waals surface area contributed by atoms with E-state index in [9.17, 15) is 8.42 Å². The molecule has 132 valence electrons. The number of nitrogens with one attached hydrogen (secondary N) is 2. The van der Waals surface area contributed by atoms with E-state index in [1.54, 1.807) is 12.1 Å². The van der Waals surface area contributed by atoms with E-state index in [2.05, 4.69) is 10.6 Å². The number of hydrogen-bond acceptors (Lipinski definition) is 3. The molecule has 2 aliphatic rings. The van der Waals surface area contributed by atoms with Crippen molar-refractivity contribution in [2.45, 2.75) is 36.6 Å². The molecule has 0 unspecified atom stereocenters. The topological polar surface area (TPSA) is 61.4 Å². The van der Waals surface area contributed by atoms with Gasteiger partial charge in [-0.15, -0.1) is 0 Å². The average Bonchev–Trinajstić information content (AvgIpc) is 3.11. The van der Waals surface area contributed by atoms with Crippen LogP contribution in [0, 0.1) is 11.8 Å². The highest BCUT2D eigenvalue weighted by atomic mass is 35.5. The van der Waals surface area contributed by atoms with Gasteiger partial charge in [-0.1, -0.05) is 18.0 Å². The molecule has 0 radical (unpaired) electrons. The third-order valence-electron chi connectivity index (χ3n) is 5.00. The lowest BCUT2D eigenvalue weighted by Gasteiger charge is -2.24. The molecule has 2 saturated carbocycles. The Hall–Kier alpha value is -0.890. The molecule has 0 amide bonds. The van der Waals surface area contributed by atoms with Crippen molar-refractivity contribution in [1.29, 1.82) is 0 Å². The summed E-state index contributed by atoms with van der Waals surface area (Å²) in [6, 6.07) is 5.25. The first kappa shape index (κ1) is 17.9. The highest BCUT2D eigenvalue weighted by Crippen LogP contribution is 2.44. The maximum absolute atomic E-state index is 12.3. The number of thiocarbonyl (C=S) groups is 1. The monoisotopic (exact) mass is 387 g/mol. The van der Waals surface area contributed by atoms with E-state index in [-0.39, 0.29) is 9.92 Å². The molecule has 24 heavy (non-hydrogen) atoms. The number of halogens is 1. The Labute approximate surface area is 153 Å². The average molecular weight is 388 g/mol. The Morgan fingerprint density at radius 1 is 1.29 bits per heavy atom. The van der Waals surface area contributed by atoms with Crippen LogP contribution in [0.5, 0.6) is 0 Å². The van der Waals surface area contributed by atoms with Crippen molar-refractivity contribution in [1.82, 2.24) is 9.62 Å². The first-order chi connectivity index (χ1) is 11.3. The molecule has 0 aromatic heterocycles. The van der Waals surface area contributed by atoms with Crippen LogP contribution in [0.25, 0.3) is 0 Å². The maximum atomic E-state index is 12.3. The molecule has 2 aliphatic carbocycles. The van der Waals surface area contributed by atoms with E-state index in [4.69, 9.17) is 23.8 Å². The number of anilines is 1. The van der Waals surface area contributed by atoms with Crippen molar-refractivity contribution >= 4 is 44.6 Å². The van der Waals surface area contributed by atoms with Crippen molar-refractivity contribution in [2.75, 3.05) is 19.4 Å². The van der Waals surface area contributed by atoms with Crippen LogP contribution >= 0.6 is 23.8 Å². The van der Waals surface area contributed by atoms with Crippen LogP contribution < -0.4 is 10.6 Å². The smallest absolute Gasteiger partial charge is 0.244 e. The van der Waals surface area contributed by atoms with Crippen molar-refractivity contribution in [3.8, 4) is 0 Å². The highest BCUT2D eigenvalue weighted by molar-refractivity contribution is 7.89. The summed E-state index contributed by atoms with van der Waals surface area (Å²) in [5.74, 6) is 1.55. The number of sulfonamides is 1. The van der Waals surface area contributed by atoms with Crippen LogP contribution in [0.15, 0.2) is 23.1 Å². The molecule has 1 aromatic rings. The zero-order chi connectivity index (χ0) is 17.5. The third kappa shape index (κ3) is 3.54. The lowest BCUT2D eigenvalue weighted by Crippen LogP contribution is -2.40. The van der Waals surface area contributed by atoms with Gasteiger partial charge in [-0.05, 0) is 61.5 Å². The third-order valence-corrected chi connectivity index (χ3v) is 7.52. The van der Waals surface area contributed by atoms with Gasteiger partial charge in [0.05, 0.1) is 5.02 Å². The Balaban J connectivity index is 1.70. The van der Waals surface area contributed by atoms with Gasteiger partial charge in [0.1, 0.15) is 4.90 Å². The Morgan fingerprint density at radius 2 is 2.04 bits per heavy atom. The van der Waals surface area contributed by atoms with Crippen LogP contribution in [0.3, 0.4) is 0 Å². The standard InChI is InChI=1S/C16H22ClN3O2S2/c1-20(2)24(21,22)15-9-12(5-6-13(15)17)18-16(23)19-14-8-10-3-4-11(14)7-10/h5-6,9-11,14H,3-4,7-8H2,1-2H3,(H2,18,19,23)/t10-,11-,14-/m0/s1. The summed E-state index contributed by atoms with van der Waals surface area (Å²) < 4.78 is 25.8. The summed E-state index contributed by atoms with van der Waals surface area (Å²) in [7, 11) is -0.639. The van der Waals surface area contributed by atoms with E-state index < -0.39 is 10.0 Å². The number of benzene rings is 1. The van der Waals surface area contributed by atoms with Crippen LogP contribution in [0.1, 0.15) is 25.7 Å². The van der Waals surface area contributed by atoms with Gasteiger partial charge in [0.25, 0.3) is 0 Å². The molecule has 8 heteroatoms. The summed E-state index contributed by atoms with van der Waals surface area (Å²) in [4.78, 5) is 0.0712. The van der Waals surface area contributed by atoms with Gasteiger partial charge < -0.3 is 10.6 Å². The van der Waals surface area contributed by atoms with E-state index in [1.807, 2.05) is 0 Å². The predicted molar refractivity (Wildman–Crippen MR) is 101 cm³/mol. The lowest BCUT2D eigenvalue weighted by atomic mass is 9.96. The largest absolute Gasteiger partial charge is 0.359 e. The number of rotatable bonds is 4. The summed E-state index contributed by atoms with van der Waals surface area (Å²) in [6.45, 7) is 0. The molecule has 2 N–H and O–H groups in total. The molecule has 2 bridgehead atoms. The zero-order valence-corrected chi connectivity index (χ0v) is 16.1. The van der Waals surface area contributed by atoms with Gasteiger partial charge in [-0.25, -0.2) is 12.7 Å². The molecule has 3 atom stereocenters. The summed E-state index contributed by atoms with van der Waals surface area (Å²) in [6.07, 6.45) is 5.09. The fraction of sp³-hybridized carbons (Fsp3) is 0.562. The normalized spacial score (nSPS) is 25.9. The van der Waals surface area contributed by atoms with E-state index >= 15 is 0 Å². The minimum absolute atomic E-state index is 0.0712. The van der Waals surface area contributed by atoms with Crippen molar-refractivity contribution < 1.29 is 8.42 Å². The molecule has 3 rings (SSSR count). The predicted octanol–water partition coefficient (Wildman–Crippen LogP) is 3.07. The first-order valence-corrected chi connectivity index (χ1v) is 10.3. The SMILES string of the molecule is CN(C)S(=O)(=O)c1cc(NC(=S)N[C@H]2C[C@H]3CC[C@H]2C3)ccc1Cl. The molecule has 1 aromatic carbocycles. The Morgan fingerprint density at radius 3 is 2.62 bits per heavy atom. The molecule has 0 spiro atoms. The number of hydrogen-bond donors (Lipinski definition) is 2. The second-order valence-corrected chi connectivity index (χ2v) is 9.75. The van der Waals surface area contributed by atoms with Gasteiger partial charge in [-0.3, -0.25) is 0 Å². The van der Waals surface area contributed by atoms with E-state index in [0.717, 1.165) is 10.2 Å². The highest BCUT2D eigenvalue weighted by Gasteiger charge is 2.39. The van der Waals surface area contributed by atoms with Gasteiger partial charge in [-0.2, -0.15) is 0 Å². The van der Waals surface area contributed by atoms with Gasteiger partial charge in [0, 0.05) is 25.8 Å². The Bertz CT molecular complexity index is 752. The molecular weight excluding hydrogens is 366 g/mol. The van der Waals surface area contributed by atoms with Crippen LogP contribution in [-0.4, -0.2) is 38.0 Å². The van der Waals surface area contributed by atoms with Gasteiger partial charge >= 0.3 is 0 Å². The minimum Gasteiger partial charge on any atom is -0.359 e. The van der Waals surface area contributed by atoms with Crippen molar-refractivity contribution in [3.63, 3.8) is 0 Å². The second-order valence-electron chi connectivity index (χ2n) is 6.81. The maximum Gasteiger partial charge on any atom is 0.244 e. The first-order valence-electron chi connectivity index (χ1n) is 8.07. The van der Waals surface area contributed by atoms with Crippen LogP contribution in [0.4, 0.5) is 5.69 Å². The van der Waals surface area contributed by atoms with E-state index in [1.165, 1.54) is 45.8 Å². The summed E-state index contributed by atoms with van der Waals surface area (Å²) in [5, 5.41) is 7.19. The zero-order valence-electron chi connectivity index (χ0n) is 13.8. The fourth-order valence-electron chi connectivity index (χ4n) is 3.73. The molecule has 0 heterocycles. The fourth-order valence-corrected chi connectivity index (χ4v) is 5.40. The molecule has 0 saturated heterocycles. The van der Waals surface area contributed by atoms with Gasteiger partial charge in [0.15, 0.2) is 5.11 Å². The quantitative estimate of drug-likeness (QED) is 0.777. The molecule has 0 aliphatic heterocycles. The minimum atomic E-state index is -3.60. The second kappa shape index (κ2) is 6.78. The van der Waals surface area contributed by atoms with Crippen LogP contribution in [-0.2, 0) is 10.0 Å². The van der Waals surface area contributed by atoms with Gasteiger partial charge in [0.2, 0.25) is 10.0 Å². The lowest BCUT2D eigenvalue weighted by molar-refractivity contribution is 0.392. The molecule has 5 nitrogen and oxygen atoms in total. The number of nitrogens with zero attached hydrogens (tertiary/aromatic N) is 1. The van der Waals surface area contributed by atoms with Crippen LogP contribution in [0.2, 0.25) is 5.02 Å². The number of fused-ring (bicyclic) bond motifs is 2. The molecule has 2 fully saturated rings. The van der Waals surface area contributed by atoms with E-state index in [0.29, 0.717) is 22.8 Å². The summed E-state index contributed by atoms with van der Waals surface area (Å²) in [5.41, 5.74) is 0.612.